The Labute approximate surface area is 195 Å². The van der Waals surface area contributed by atoms with E-state index < -0.39 is 17.5 Å². The standard InChI is InChI=1S/C23H25N5O4S/c1-23(2,3)25-21(30)24-19(29)13-33-22-27-26-20(16-7-5-4-6-8-16)28(22)12-15-9-10-17-18(11-15)32-14-31-17/h4-11H,12-14H2,1-3H3,(H2,24,25,29,30). The Balaban J connectivity index is 1.52. The molecule has 0 saturated heterocycles. The van der Waals surface area contributed by atoms with Crippen LogP contribution in [0.15, 0.2) is 53.7 Å². The molecule has 0 unspecified atom stereocenters. The second-order valence-corrected chi connectivity index (χ2v) is 9.43. The van der Waals surface area contributed by atoms with Gasteiger partial charge in [0.1, 0.15) is 0 Å². The van der Waals surface area contributed by atoms with Crippen LogP contribution in [0.1, 0.15) is 26.3 Å². The van der Waals surface area contributed by atoms with Crippen LogP contribution in [0.2, 0.25) is 0 Å². The summed E-state index contributed by atoms with van der Waals surface area (Å²) in [5.74, 6) is 1.69. The van der Waals surface area contributed by atoms with Crippen LogP contribution in [0.4, 0.5) is 4.79 Å². The number of carbonyl (C=O) groups is 2. The molecule has 2 aromatic carbocycles. The summed E-state index contributed by atoms with van der Waals surface area (Å²) < 4.78 is 12.8. The Morgan fingerprint density at radius 2 is 1.82 bits per heavy atom. The zero-order valence-corrected chi connectivity index (χ0v) is 19.4. The van der Waals surface area contributed by atoms with Crippen molar-refractivity contribution in [3.8, 4) is 22.9 Å². The van der Waals surface area contributed by atoms with Crippen molar-refractivity contribution in [1.82, 2.24) is 25.4 Å². The first-order chi connectivity index (χ1) is 15.8. The van der Waals surface area contributed by atoms with Gasteiger partial charge in [0.05, 0.1) is 12.3 Å². The van der Waals surface area contributed by atoms with Crippen LogP contribution in [0, 0.1) is 0 Å². The molecule has 1 aliphatic heterocycles. The number of nitrogens with zero attached hydrogens (tertiary/aromatic N) is 3. The normalized spacial score (nSPS) is 12.5. The lowest BCUT2D eigenvalue weighted by Gasteiger charge is -2.20. The number of rotatable bonds is 6. The summed E-state index contributed by atoms with van der Waals surface area (Å²) >= 11 is 1.22. The summed E-state index contributed by atoms with van der Waals surface area (Å²) in [5.41, 5.74) is 1.45. The summed E-state index contributed by atoms with van der Waals surface area (Å²) in [6.07, 6.45) is 0. The third kappa shape index (κ3) is 5.83. The van der Waals surface area contributed by atoms with Crippen molar-refractivity contribution in [1.29, 1.82) is 0 Å². The highest BCUT2D eigenvalue weighted by atomic mass is 32.2. The maximum absolute atomic E-state index is 12.3. The molecule has 3 aromatic rings. The molecule has 1 aliphatic rings. The van der Waals surface area contributed by atoms with Crippen molar-refractivity contribution in [2.75, 3.05) is 12.5 Å². The highest BCUT2D eigenvalue weighted by molar-refractivity contribution is 7.99. The zero-order chi connectivity index (χ0) is 23.4. The molecule has 33 heavy (non-hydrogen) atoms. The van der Waals surface area contributed by atoms with Gasteiger partial charge in [-0.25, -0.2) is 4.79 Å². The molecule has 0 saturated carbocycles. The maximum Gasteiger partial charge on any atom is 0.321 e. The predicted octanol–water partition coefficient (Wildman–Crippen LogP) is 3.44. The number of benzene rings is 2. The van der Waals surface area contributed by atoms with Crippen molar-refractivity contribution in [3.63, 3.8) is 0 Å². The monoisotopic (exact) mass is 467 g/mol. The first kappa shape index (κ1) is 22.7. The third-order valence-corrected chi connectivity index (χ3v) is 5.57. The highest BCUT2D eigenvalue weighted by Crippen LogP contribution is 2.33. The molecule has 3 amide bonds. The summed E-state index contributed by atoms with van der Waals surface area (Å²) in [6, 6.07) is 14.9. The predicted molar refractivity (Wildman–Crippen MR) is 124 cm³/mol. The summed E-state index contributed by atoms with van der Waals surface area (Å²) in [5, 5.41) is 14.3. The first-order valence-corrected chi connectivity index (χ1v) is 11.4. The van der Waals surface area contributed by atoms with Crippen molar-refractivity contribution < 1.29 is 19.1 Å². The quantitative estimate of drug-likeness (QED) is 0.535. The summed E-state index contributed by atoms with van der Waals surface area (Å²) in [7, 11) is 0. The lowest BCUT2D eigenvalue weighted by atomic mass is 10.1. The largest absolute Gasteiger partial charge is 0.454 e. The number of nitrogens with one attached hydrogen (secondary N) is 2. The molecule has 2 N–H and O–H groups in total. The van der Waals surface area contributed by atoms with Gasteiger partial charge in [0.2, 0.25) is 12.7 Å². The van der Waals surface area contributed by atoms with E-state index in [0.717, 1.165) is 11.1 Å². The number of hydrogen-bond acceptors (Lipinski definition) is 7. The van der Waals surface area contributed by atoms with Crippen LogP contribution >= 0.6 is 11.8 Å². The van der Waals surface area contributed by atoms with Gasteiger partial charge in [-0.1, -0.05) is 48.2 Å². The summed E-state index contributed by atoms with van der Waals surface area (Å²) in [6.45, 7) is 6.21. The number of imide groups is 1. The van der Waals surface area contributed by atoms with Crippen LogP contribution in [0.5, 0.6) is 11.5 Å². The van der Waals surface area contributed by atoms with Gasteiger partial charge in [0.15, 0.2) is 22.5 Å². The van der Waals surface area contributed by atoms with E-state index in [9.17, 15) is 9.59 Å². The fourth-order valence-electron chi connectivity index (χ4n) is 3.23. The van der Waals surface area contributed by atoms with Crippen LogP contribution in [-0.4, -0.2) is 44.8 Å². The van der Waals surface area contributed by atoms with E-state index in [4.69, 9.17) is 9.47 Å². The maximum atomic E-state index is 12.3. The van der Waals surface area contributed by atoms with Crippen LogP contribution in [0.25, 0.3) is 11.4 Å². The molecule has 0 spiro atoms. The highest BCUT2D eigenvalue weighted by Gasteiger charge is 2.20. The number of thioether (sulfide) groups is 1. The number of urea groups is 1. The van der Waals surface area contributed by atoms with E-state index in [1.807, 2.05) is 73.9 Å². The Kier molecular flexibility index (Phi) is 6.55. The molecule has 2 heterocycles. The van der Waals surface area contributed by atoms with Crippen LogP contribution in [0.3, 0.4) is 0 Å². The van der Waals surface area contributed by atoms with E-state index in [0.29, 0.717) is 29.0 Å². The third-order valence-electron chi connectivity index (χ3n) is 4.60. The van der Waals surface area contributed by atoms with Crippen LogP contribution in [-0.2, 0) is 11.3 Å². The minimum absolute atomic E-state index is 0.0195. The van der Waals surface area contributed by atoms with Gasteiger partial charge in [0, 0.05) is 11.1 Å². The number of fused-ring (bicyclic) bond motifs is 1. The topological polar surface area (TPSA) is 107 Å². The molecule has 0 atom stereocenters. The second kappa shape index (κ2) is 9.53. The fraction of sp³-hybridized carbons (Fsp3) is 0.304. The van der Waals surface area contributed by atoms with Crippen molar-refractivity contribution in [2.45, 2.75) is 38.0 Å². The van der Waals surface area contributed by atoms with E-state index >= 15 is 0 Å². The van der Waals surface area contributed by atoms with E-state index in [2.05, 4.69) is 20.8 Å². The van der Waals surface area contributed by atoms with Gasteiger partial charge >= 0.3 is 6.03 Å². The SMILES string of the molecule is CC(C)(C)NC(=O)NC(=O)CSc1nnc(-c2ccccc2)n1Cc1ccc2c(c1)OCO2. The fourth-order valence-corrected chi connectivity index (χ4v) is 3.96. The van der Waals surface area contributed by atoms with Crippen molar-refractivity contribution in [2.24, 2.45) is 0 Å². The smallest absolute Gasteiger partial charge is 0.321 e. The number of ether oxygens (including phenoxy) is 2. The van der Waals surface area contributed by atoms with Crippen molar-refractivity contribution in [3.05, 3.63) is 54.1 Å². The Morgan fingerprint density at radius 1 is 1.06 bits per heavy atom. The molecule has 0 bridgehead atoms. The van der Waals surface area contributed by atoms with Crippen LogP contribution < -0.4 is 20.1 Å². The second-order valence-electron chi connectivity index (χ2n) is 8.49. The minimum Gasteiger partial charge on any atom is -0.454 e. The Bertz CT molecular complexity index is 1160. The number of hydrogen-bond donors (Lipinski definition) is 2. The molecule has 0 aliphatic carbocycles. The molecule has 1 aromatic heterocycles. The average Bonchev–Trinajstić information content (AvgIpc) is 3.38. The Hall–Kier alpha value is -3.53. The molecule has 172 valence electrons. The van der Waals surface area contributed by atoms with Gasteiger partial charge in [-0.05, 0) is 38.5 Å². The minimum atomic E-state index is -0.528. The molecule has 9 nitrogen and oxygen atoms in total. The van der Waals surface area contributed by atoms with E-state index in [1.54, 1.807) is 0 Å². The Morgan fingerprint density at radius 3 is 2.58 bits per heavy atom. The van der Waals surface area contributed by atoms with E-state index in [1.165, 1.54) is 11.8 Å². The van der Waals surface area contributed by atoms with Gasteiger partial charge in [0.25, 0.3) is 0 Å². The molecule has 0 fully saturated rings. The molecular weight excluding hydrogens is 442 g/mol. The average molecular weight is 468 g/mol. The summed E-state index contributed by atoms with van der Waals surface area (Å²) in [4.78, 5) is 24.3. The molecular formula is C23H25N5O4S. The van der Waals surface area contributed by atoms with Crippen molar-refractivity contribution >= 4 is 23.7 Å². The molecule has 0 radical (unpaired) electrons. The van der Waals surface area contributed by atoms with E-state index in [-0.39, 0.29) is 12.5 Å². The number of carbonyl (C=O) groups excluding carboxylic acids is 2. The number of aromatic nitrogens is 3. The lowest BCUT2D eigenvalue weighted by Crippen LogP contribution is -2.48. The van der Waals surface area contributed by atoms with Gasteiger partial charge < -0.3 is 14.8 Å². The number of amides is 3. The molecule has 10 heteroatoms. The van der Waals surface area contributed by atoms with Gasteiger partial charge in [-0.15, -0.1) is 10.2 Å². The lowest BCUT2D eigenvalue weighted by molar-refractivity contribution is -0.117. The van der Waals surface area contributed by atoms with Gasteiger partial charge in [-0.3, -0.25) is 14.7 Å². The molecule has 4 rings (SSSR count). The zero-order valence-electron chi connectivity index (χ0n) is 18.6. The van der Waals surface area contributed by atoms with Gasteiger partial charge in [-0.2, -0.15) is 0 Å². The first-order valence-electron chi connectivity index (χ1n) is 10.4.